The van der Waals surface area contributed by atoms with Gasteiger partial charge in [-0.25, -0.2) is 0 Å². The van der Waals surface area contributed by atoms with Crippen LogP contribution < -0.4 is 0 Å². The van der Waals surface area contributed by atoms with Crippen LogP contribution >= 0.6 is 20.5 Å². The molecular weight excluding hydrogens is 524 g/mol. The highest BCUT2D eigenvalue weighted by atomic mass is 32.5. The fourth-order valence-electron chi connectivity index (χ4n) is 2.81. The van der Waals surface area contributed by atoms with E-state index in [2.05, 4.69) is 0 Å². The lowest BCUT2D eigenvalue weighted by Crippen LogP contribution is -2.27. The molecule has 0 aliphatic rings. The number of alkyl halides is 3. The van der Waals surface area contributed by atoms with Gasteiger partial charge in [-0.1, -0.05) is 55.8 Å². The van der Waals surface area contributed by atoms with E-state index in [1.54, 1.807) is 0 Å². The number of benzene rings is 3. The molecule has 3 aromatic rings. The summed E-state index contributed by atoms with van der Waals surface area (Å²) in [5, 5.41) is 0. The number of rotatable bonds is 6. The van der Waals surface area contributed by atoms with Gasteiger partial charge in [-0.2, -0.15) is 25.2 Å². The van der Waals surface area contributed by atoms with Crippen molar-refractivity contribution >= 4 is 30.7 Å². The Labute approximate surface area is 185 Å². The maximum Gasteiger partial charge on any atom is 0.524 e. The van der Waals surface area contributed by atoms with Gasteiger partial charge in [0.15, 0.2) is 0 Å². The fourth-order valence-corrected chi connectivity index (χ4v) is 8.21. The first-order chi connectivity index (χ1) is 14.9. The third-order valence-electron chi connectivity index (χ3n) is 4.23. The van der Waals surface area contributed by atoms with Crippen LogP contribution in [0.5, 0.6) is 0 Å². The largest absolute Gasteiger partial charge is 0.524 e. The first-order valence-corrected chi connectivity index (χ1v) is 13.6. The van der Waals surface area contributed by atoms with Gasteiger partial charge in [0, 0.05) is 14.7 Å². The van der Waals surface area contributed by atoms with Crippen molar-refractivity contribution in [2.45, 2.75) is 25.1 Å². The minimum atomic E-state index is -10.1. The highest BCUT2D eigenvalue weighted by Crippen LogP contribution is 3.02. The minimum absolute atomic E-state index is 0.00587. The molecule has 0 atom stereocenters. The quantitative estimate of drug-likeness (QED) is 0.234. The van der Waals surface area contributed by atoms with Gasteiger partial charge in [0.25, 0.3) is 0 Å². The number of hydrogen-bond acceptors (Lipinski definition) is 3. The molecule has 0 unspecified atom stereocenters. The van der Waals surface area contributed by atoms with Crippen LogP contribution in [0.2, 0.25) is 0 Å². The van der Waals surface area contributed by atoms with E-state index in [1.807, 2.05) is 0 Å². The van der Waals surface area contributed by atoms with E-state index in [-0.39, 0.29) is 21.9 Å². The van der Waals surface area contributed by atoms with Gasteiger partial charge in [-0.3, -0.25) is 0 Å². The van der Waals surface area contributed by atoms with Crippen LogP contribution in [-0.2, 0) is 13.7 Å². The Morgan fingerprint density at radius 3 is 1.30 bits per heavy atom. The predicted octanol–water partition coefficient (Wildman–Crippen LogP) is 8.41. The van der Waals surface area contributed by atoms with Crippen LogP contribution in [0.15, 0.2) is 105 Å². The van der Waals surface area contributed by atoms with Crippen molar-refractivity contribution in [3.63, 3.8) is 0 Å². The average molecular weight is 539 g/mol. The molecular formula is C19H14F8O3S3. The van der Waals surface area contributed by atoms with E-state index in [1.165, 1.54) is 60.7 Å². The molecule has 0 aliphatic carbocycles. The van der Waals surface area contributed by atoms with Crippen molar-refractivity contribution in [3.8, 4) is 0 Å². The van der Waals surface area contributed by atoms with Crippen LogP contribution in [-0.4, -0.2) is 13.9 Å². The number of halogens is 8. The van der Waals surface area contributed by atoms with Crippen molar-refractivity contribution in [1.82, 2.24) is 0 Å². The van der Waals surface area contributed by atoms with Gasteiger partial charge >= 0.3 is 25.9 Å². The molecule has 0 bridgehead atoms. The van der Waals surface area contributed by atoms with Gasteiger partial charge in [0.1, 0.15) is 4.90 Å². The molecule has 33 heavy (non-hydrogen) atoms. The van der Waals surface area contributed by atoms with Gasteiger partial charge in [0.05, 0.1) is 0 Å². The zero-order valence-corrected chi connectivity index (χ0v) is 18.5. The van der Waals surface area contributed by atoms with Crippen LogP contribution in [0.1, 0.15) is 0 Å². The Kier molecular flexibility index (Phi) is 5.65. The molecule has 0 aliphatic heterocycles. The Morgan fingerprint density at radius 1 is 0.606 bits per heavy atom. The Hall–Kier alpha value is -2.29. The maximum absolute atomic E-state index is 13.3. The van der Waals surface area contributed by atoms with Crippen molar-refractivity contribution < 1.29 is 44.6 Å². The van der Waals surface area contributed by atoms with Gasteiger partial charge in [-0.15, -0.1) is 0 Å². The third kappa shape index (κ3) is 5.13. The minimum Gasteiger partial charge on any atom is -0.200 e. The normalized spacial score (nSPS) is 16.0. The molecule has 3 aromatic carbocycles. The van der Waals surface area contributed by atoms with Crippen LogP contribution in [0, 0.1) is 0 Å². The second-order valence-corrected chi connectivity index (χ2v) is 13.4. The van der Waals surface area contributed by atoms with E-state index in [9.17, 15) is 41.0 Å². The second-order valence-electron chi connectivity index (χ2n) is 6.59. The summed E-state index contributed by atoms with van der Waals surface area (Å²) in [5.74, 6) is 0. The Balaban J connectivity index is 2.39. The first-order valence-electron chi connectivity index (χ1n) is 8.67. The summed E-state index contributed by atoms with van der Waals surface area (Å²) in [6.45, 7) is 0. The topological polar surface area (TPSA) is 43.4 Å². The zero-order valence-electron chi connectivity index (χ0n) is 16.1. The maximum atomic E-state index is 13.3. The van der Waals surface area contributed by atoms with Gasteiger partial charge in [-0.05, 0) is 58.8 Å². The third-order valence-corrected chi connectivity index (χ3v) is 10.3. The van der Waals surface area contributed by atoms with E-state index in [0.717, 1.165) is 0 Å². The van der Waals surface area contributed by atoms with Crippen LogP contribution in [0.25, 0.3) is 0 Å². The molecule has 0 fully saturated rings. The molecule has 3 nitrogen and oxygen atoms in total. The Morgan fingerprint density at radius 2 is 0.970 bits per heavy atom. The fraction of sp³-hybridized carbons (Fsp3) is 0.0526. The standard InChI is InChI=1S/C19H14F8O3S3/c20-19(21,22)32(28,29)30-31(15-7-3-1-4-8-15,16-9-5-2-6-10-16)17-11-13-18(14-12-17)33(23,24,25,26)27/h1-14H. The van der Waals surface area contributed by atoms with Crippen molar-refractivity contribution in [2.75, 3.05) is 0 Å². The molecule has 0 amide bonds. The zero-order chi connectivity index (χ0) is 24.8. The predicted molar refractivity (Wildman–Crippen MR) is 109 cm³/mol. The summed E-state index contributed by atoms with van der Waals surface area (Å²) in [7, 11) is -20.3. The van der Waals surface area contributed by atoms with Gasteiger partial charge < -0.3 is 0 Å². The monoisotopic (exact) mass is 538 g/mol. The van der Waals surface area contributed by atoms with E-state index in [4.69, 9.17) is 3.63 Å². The van der Waals surface area contributed by atoms with E-state index in [0.29, 0.717) is 12.1 Å². The van der Waals surface area contributed by atoms with Crippen molar-refractivity contribution in [1.29, 1.82) is 0 Å². The summed E-state index contributed by atoms with van der Waals surface area (Å²) in [6.07, 6.45) is 0. The second kappa shape index (κ2) is 7.35. The molecule has 0 heterocycles. The number of hydrogen-bond donors (Lipinski definition) is 0. The summed E-state index contributed by atoms with van der Waals surface area (Å²) in [4.78, 5) is -3.00. The highest BCUT2D eigenvalue weighted by Gasteiger charge is 2.65. The summed E-state index contributed by atoms with van der Waals surface area (Å²) in [5.41, 5.74) is -5.86. The smallest absolute Gasteiger partial charge is 0.200 e. The first kappa shape index (κ1) is 25.3. The summed E-state index contributed by atoms with van der Waals surface area (Å²) < 4.78 is 135. The molecule has 0 aromatic heterocycles. The van der Waals surface area contributed by atoms with E-state index < -0.39 is 46.0 Å². The molecule has 0 saturated heterocycles. The summed E-state index contributed by atoms with van der Waals surface area (Å²) >= 11 is 0. The van der Waals surface area contributed by atoms with Crippen molar-refractivity contribution in [2.24, 2.45) is 0 Å². The highest BCUT2D eigenvalue weighted by molar-refractivity contribution is 8.45. The van der Waals surface area contributed by atoms with E-state index >= 15 is 0 Å². The lowest BCUT2D eigenvalue weighted by Gasteiger charge is -2.42. The Bertz CT molecular complexity index is 1210. The summed E-state index contributed by atoms with van der Waals surface area (Å²) in [6, 6.07) is 14.2. The van der Waals surface area contributed by atoms with Crippen LogP contribution in [0.3, 0.4) is 0 Å². The molecule has 3 rings (SSSR count). The lowest BCUT2D eigenvalue weighted by atomic mass is 10.4. The lowest BCUT2D eigenvalue weighted by molar-refractivity contribution is -0.0496. The molecule has 14 heteroatoms. The van der Waals surface area contributed by atoms with Gasteiger partial charge in [0.2, 0.25) is 0 Å². The molecule has 182 valence electrons. The molecule has 0 spiro atoms. The van der Waals surface area contributed by atoms with Crippen molar-refractivity contribution in [3.05, 3.63) is 84.9 Å². The molecule has 0 saturated carbocycles. The molecule has 0 radical (unpaired) electrons. The molecule has 0 N–H and O–H groups in total. The van der Waals surface area contributed by atoms with Crippen LogP contribution in [0.4, 0.5) is 32.6 Å². The SMILES string of the molecule is O=S(=O)(OS(c1ccccc1)(c1ccccc1)c1ccc(S(F)(F)(F)(F)F)cc1)C(F)(F)F. The average Bonchev–Trinajstić information content (AvgIpc) is 2.71.